The number of nitrogens with one attached hydrogen (secondary N) is 2. The van der Waals surface area contributed by atoms with Crippen molar-refractivity contribution in [2.75, 3.05) is 17.2 Å². The van der Waals surface area contributed by atoms with Crippen LogP contribution in [0.1, 0.15) is 34.6 Å². The molecule has 0 saturated heterocycles. The Bertz CT molecular complexity index is 1000. The minimum absolute atomic E-state index is 0.00994. The maximum absolute atomic E-state index is 12.1. The van der Waals surface area contributed by atoms with E-state index in [-0.39, 0.29) is 5.78 Å². The lowest BCUT2D eigenvalue weighted by atomic mass is 10.1. The molecule has 2 aromatic carbocycles. The van der Waals surface area contributed by atoms with Gasteiger partial charge in [0.15, 0.2) is 5.78 Å². The van der Waals surface area contributed by atoms with E-state index in [9.17, 15) is 9.59 Å². The number of ether oxygens (including phenoxy) is 1. The quantitative estimate of drug-likeness (QED) is 0.468. The Morgan fingerprint density at radius 3 is 2.46 bits per heavy atom. The molecule has 28 heavy (non-hydrogen) atoms. The molecule has 0 saturated carbocycles. The fourth-order valence-electron chi connectivity index (χ4n) is 2.57. The van der Waals surface area contributed by atoms with E-state index in [0.29, 0.717) is 35.1 Å². The van der Waals surface area contributed by atoms with Gasteiger partial charge < -0.3 is 15.4 Å². The molecule has 0 aliphatic carbocycles. The standard InChI is InChI=1S/C21H20N4O3/c1-3-28-21(27)17-9-4-5-10-18(17)25-20-12-19(22-13-23-20)24-16-8-6-7-15(11-16)14(2)26/h4-13H,3H2,1-2H3,(H2,22,23,24,25). The fourth-order valence-corrected chi connectivity index (χ4v) is 2.57. The molecule has 7 heteroatoms. The van der Waals surface area contributed by atoms with E-state index in [2.05, 4.69) is 20.6 Å². The number of esters is 1. The van der Waals surface area contributed by atoms with Gasteiger partial charge in [0.05, 0.1) is 17.9 Å². The summed E-state index contributed by atoms with van der Waals surface area (Å²) in [6.07, 6.45) is 1.41. The average Bonchev–Trinajstić information content (AvgIpc) is 2.69. The van der Waals surface area contributed by atoms with Crippen LogP contribution in [0.25, 0.3) is 0 Å². The van der Waals surface area contributed by atoms with Crippen LogP contribution >= 0.6 is 0 Å². The van der Waals surface area contributed by atoms with Crippen molar-refractivity contribution in [3.8, 4) is 0 Å². The minimum Gasteiger partial charge on any atom is -0.462 e. The van der Waals surface area contributed by atoms with E-state index in [1.807, 2.05) is 12.1 Å². The van der Waals surface area contributed by atoms with Crippen LogP contribution in [0.3, 0.4) is 0 Å². The van der Waals surface area contributed by atoms with Crippen molar-refractivity contribution in [2.45, 2.75) is 13.8 Å². The van der Waals surface area contributed by atoms with Gasteiger partial charge in [-0.15, -0.1) is 0 Å². The Morgan fingerprint density at radius 1 is 0.964 bits per heavy atom. The Balaban J connectivity index is 1.80. The van der Waals surface area contributed by atoms with Gasteiger partial charge in [0.25, 0.3) is 0 Å². The number of rotatable bonds is 7. The highest BCUT2D eigenvalue weighted by molar-refractivity contribution is 5.96. The van der Waals surface area contributed by atoms with Crippen LogP contribution in [-0.4, -0.2) is 28.3 Å². The molecule has 3 rings (SSSR count). The van der Waals surface area contributed by atoms with Crippen molar-refractivity contribution in [1.82, 2.24) is 9.97 Å². The molecule has 7 nitrogen and oxygen atoms in total. The number of para-hydroxylation sites is 1. The van der Waals surface area contributed by atoms with Crippen LogP contribution in [0.15, 0.2) is 60.9 Å². The molecule has 0 radical (unpaired) electrons. The molecule has 0 aliphatic rings. The van der Waals surface area contributed by atoms with E-state index in [1.54, 1.807) is 49.4 Å². The number of benzene rings is 2. The molecule has 0 fully saturated rings. The van der Waals surface area contributed by atoms with Gasteiger partial charge in [-0.3, -0.25) is 4.79 Å². The number of hydrogen-bond donors (Lipinski definition) is 2. The average molecular weight is 376 g/mol. The highest BCUT2D eigenvalue weighted by Gasteiger charge is 2.12. The summed E-state index contributed by atoms with van der Waals surface area (Å²) in [6, 6.07) is 15.9. The summed E-state index contributed by atoms with van der Waals surface area (Å²) in [5.74, 6) is 0.645. The third-order valence-corrected chi connectivity index (χ3v) is 3.89. The number of anilines is 4. The number of nitrogens with zero attached hydrogens (tertiary/aromatic N) is 2. The molecule has 3 aromatic rings. The SMILES string of the molecule is CCOC(=O)c1ccccc1Nc1cc(Nc2cccc(C(C)=O)c2)ncn1. The highest BCUT2D eigenvalue weighted by Crippen LogP contribution is 2.23. The molecule has 1 heterocycles. The molecule has 142 valence electrons. The van der Waals surface area contributed by atoms with Gasteiger partial charge in [-0.2, -0.15) is 0 Å². The summed E-state index contributed by atoms with van der Waals surface area (Å²) in [5, 5.41) is 6.27. The van der Waals surface area contributed by atoms with Crippen molar-refractivity contribution in [1.29, 1.82) is 0 Å². The van der Waals surface area contributed by atoms with Gasteiger partial charge in [0.2, 0.25) is 0 Å². The zero-order chi connectivity index (χ0) is 19.9. The van der Waals surface area contributed by atoms with Gasteiger partial charge in [0.1, 0.15) is 18.0 Å². The Kier molecular flexibility index (Phi) is 5.96. The third kappa shape index (κ3) is 4.70. The molecule has 0 spiro atoms. The van der Waals surface area contributed by atoms with Gasteiger partial charge in [-0.1, -0.05) is 24.3 Å². The second-order valence-corrected chi connectivity index (χ2v) is 5.94. The number of Topliss-reactive ketones (excluding diaryl/α,β-unsaturated/α-hetero) is 1. The first-order valence-electron chi connectivity index (χ1n) is 8.80. The zero-order valence-corrected chi connectivity index (χ0v) is 15.6. The second kappa shape index (κ2) is 8.77. The molecule has 1 aromatic heterocycles. The number of carbonyl (C=O) groups excluding carboxylic acids is 2. The molecule has 0 amide bonds. The zero-order valence-electron chi connectivity index (χ0n) is 15.6. The first-order chi connectivity index (χ1) is 13.6. The minimum atomic E-state index is -0.404. The van der Waals surface area contributed by atoms with Gasteiger partial charge >= 0.3 is 5.97 Å². The topological polar surface area (TPSA) is 93.2 Å². The normalized spacial score (nSPS) is 10.2. The number of carbonyl (C=O) groups is 2. The van der Waals surface area contributed by atoms with Crippen molar-refractivity contribution < 1.29 is 14.3 Å². The maximum atomic E-state index is 12.1. The summed E-state index contributed by atoms with van der Waals surface area (Å²) in [7, 11) is 0. The van der Waals surface area contributed by atoms with E-state index in [4.69, 9.17) is 4.74 Å². The monoisotopic (exact) mass is 376 g/mol. The predicted molar refractivity (Wildman–Crippen MR) is 107 cm³/mol. The van der Waals surface area contributed by atoms with E-state index >= 15 is 0 Å². The first kappa shape index (κ1) is 19.0. The predicted octanol–water partition coefficient (Wildman–Crippen LogP) is 4.34. The van der Waals surface area contributed by atoms with Crippen LogP contribution in [0.4, 0.5) is 23.0 Å². The molecule has 0 aliphatic heterocycles. The maximum Gasteiger partial charge on any atom is 0.340 e. The van der Waals surface area contributed by atoms with Crippen LogP contribution in [0.2, 0.25) is 0 Å². The van der Waals surface area contributed by atoms with Gasteiger partial charge in [-0.25, -0.2) is 14.8 Å². The largest absolute Gasteiger partial charge is 0.462 e. The van der Waals surface area contributed by atoms with Crippen molar-refractivity contribution in [3.63, 3.8) is 0 Å². The van der Waals surface area contributed by atoms with E-state index in [0.717, 1.165) is 5.69 Å². The third-order valence-electron chi connectivity index (χ3n) is 3.89. The van der Waals surface area contributed by atoms with Crippen LogP contribution in [0, 0.1) is 0 Å². The van der Waals surface area contributed by atoms with Crippen molar-refractivity contribution in [2.24, 2.45) is 0 Å². The molecule has 0 bridgehead atoms. The first-order valence-corrected chi connectivity index (χ1v) is 8.80. The smallest absolute Gasteiger partial charge is 0.340 e. The highest BCUT2D eigenvalue weighted by atomic mass is 16.5. The number of aromatic nitrogens is 2. The van der Waals surface area contributed by atoms with Crippen LogP contribution in [0.5, 0.6) is 0 Å². The van der Waals surface area contributed by atoms with E-state index in [1.165, 1.54) is 13.3 Å². The summed E-state index contributed by atoms with van der Waals surface area (Å²) in [6.45, 7) is 3.58. The van der Waals surface area contributed by atoms with Crippen LogP contribution < -0.4 is 10.6 Å². The summed E-state index contributed by atoms with van der Waals surface area (Å²) < 4.78 is 5.09. The van der Waals surface area contributed by atoms with Gasteiger partial charge in [-0.05, 0) is 38.1 Å². The van der Waals surface area contributed by atoms with Crippen molar-refractivity contribution >= 4 is 34.8 Å². The molecule has 0 unspecified atom stereocenters. The van der Waals surface area contributed by atoms with E-state index < -0.39 is 5.97 Å². The molecular formula is C21H20N4O3. The Morgan fingerprint density at radius 2 is 1.71 bits per heavy atom. The number of ketones is 1. The Hall–Kier alpha value is -3.74. The van der Waals surface area contributed by atoms with Gasteiger partial charge in [0, 0.05) is 17.3 Å². The summed E-state index contributed by atoms with van der Waals surface area (Å²) >= 11 is 0. The van der Waals surface area contributed by atoms with Crippen molar-refractivity contribution in [3.05, 3.63) is 72.1 Å². The molecular weight excluding hydrogens is 356 g/mol. The summed E-state index contributed by atoms with van der Waals surface area (Å²) in [5.41, 5.74) is 2.36. The summed E-state index contributed by atoms with van der Waals surface area (Å²) in [4.78, 5) is 32.1. The lowest BCUT2D eigenvalue weighted by Gasteiger charge is -2.12. The molecule has 2 N–H and O–H groups in total. The molecule has 0 atom stereocenters. The lowest BCUT2D eigenvalue weighted by Crippen LogP contribution is -2.08. The fraction of sp³-hybridized carbons (Fsp3) is 0.143. The Labute approximate surface area is 162 Å². The second-order valence-electron chi connectivity index (χ2n) is 5.94. The number of hydrogen-bond acceptors (Lipinski definition) is 7. The lowest BCUT2D eigenvalue weighted by molar-refractivity contribution is 0.0527. The van der Waals surface area contributed by atoms with Crippen LogP contribution in [-0.2, 0) is 4.74 Å².